The molecule has 0 spiro atoms. The molecule has 0 bridgehead atoms. The smallest absolute Gasteiger partial charge is 0.337 e. The highest BCUT2D eigenvalue weighted by atomic mass is 35.5. The SMILES string of the molecule is N#Cc1[nH]ncc1-c1cccc(C(=O)O)c1Cl. The molecule has 0 atom stereocenters. The number of carboxylic acids is 1. The number of hydrogen-bond donors (Lipinski definition) is 2. The van der Waals surface area contributed by atoms with Gasteiger partial charge in [0.15, 0.2) is 0 Å². The van der Waals surface area contributed by atoms with Crippen molar-refractivity contribution in [2.45, 2.75) is 0 Å². The van der Waals surface area contributed by atoms with Gasteiger partial charge in [0.05, 0.1) is 16.8 Å². The zero-order chi connectivity index (χ0) is 12.4. The van der Waals surface area contributed by atoms with Crippen LogP contribution in [-0.2, 0) is 0 Å². The number of aromatic amines is 1. The number of aromatic nitrogens is 2. The second-order valence-corrected chi connectivity index (χ2v) is 3.62. The van der Waals surface area contributed by atoms with E-state index in [0.717, 1.165) is 0 Å². The van der Waals surface area contributed by atoms with E-state index in [0.29, 0.717) is 11.1 Å². The molecule has 0 radical (unpaired) electrons. The third kappa shape index (κ3) is 1.86. The van der Waals surface area contributed by atoms with Crippen molar-refractivity contribution >= 4 is 17.6 Å². The number of carbonyl (C=O) groups is 1. The van der Waals surface area contributed by atoms with Gasteiger partial charge in [-0.25, -0.2) is 4.79 Å². The lowest BCUT2D eigenvalue weighted by atomic mass is 10.0. The van der Waals surface area contributed by atoms with Crippen molar-refractivity contribution in [1.29, 1.82) is 5.26 Å². The molecule has 17 heavy (non-hydrogen) atoms. The predicted octanol–water partition coefficient (Wildman–Crippen LogP) is 2.30. The van der Waals surface area contributed by atoms with Crippen molar-refractivity contribution in [1.82, 2.24) is 10.2 Å². The number of carboxylic acid groups (broad SMARTS) is 1. The number of nitriles is 1. The van der Waals surface area contributed by atoms with E-state index in [1.807, 2.05) is 6.07 Å². The molecule has 5 nitrogen and oxygen atoms in total. The molecular formula is C11H6ClN3O2. The van der Waals surface area contributed by atoms with E-state index < -0.39 is 5.97 Å². The molecule has 0 saturated heterocycles. The molecule has 6 heteroatoms. The molecule has 0 aliphatic carbocycles. The first-order valence-electron chi connectivity index (χ1n) is 4.60. The summed E-state index contributed by atoms with van der Waals surface area (Å²) in [6, 6.07) is 6.54. The summed E-state index contributed by atoms with van der Waals surface area (Å²) in [6.45, 7) is 0. The van der Waals surface area contributed by atoms with Gasteiger partial charge in [-0.2, -0.15) is 10.4 Å². The molecule has 2 N–H and O–H groups in total. The minimum atomic E-state index is -1.11. The van der Waals surface area contributed by atoms with E-state index in [4.69, 9.17) is 22.0 Å². The maximum absolute atomic E-state index is 10.9. The van der Waals surface area contributed by atoms with Gasteiger partial charge in [-0.1, -0.05) is 23.7 Å². The zero-order valence-corrected chi connectivity index (χ0v) is 9.19. The third-order valence-electron chi connectivity index (χ3n) is 2.27. The lowest BCUT2D eigenvalue weighted by Gasteiger charge is -2.04. The van der Waals surface area contributed by atoms with Crippen molar-refractivity contribution in [3.8, 4) is 17.2 Å². The van der Waals surface area contributed by atoms with E-state index in [2.05, 4.69) is 10.2 Å². The third-order valence-corrected chi connectivity index (χ3v) is 2.68. The second kappa shape index (κ2) is 4.28. The van der Waals surface area contributed by atoms with Gasteiger partial charge in [-0.15, -0.1) is 0 Å². The highest BCUT2D eigenvalue weighted by Gasteiger charge is 2.16. The molecule has 84 valence electrons. The minimum absolute atomic E-state index is 0.00532. The van der Waals surface area contributed by atoms with E-state index in [1.54, 1.807) is 12.1 Å². The summed E-state index contributed by atoms with van der Waals surface area (Å²) in [5.74, 6) is -1.11. The lowest BCUT2D eigenvalue weighted by Crippen LogP contribution is -1.98. The topological polar surface area (TPSA) is 89.8 Å². The first-order valence-corrected chi connectivity index (χ1v) is 4.98. The molecule has 0 saturated carbocycles. The Kier molecular flexibility index (Phi) is 2.81. The van der Waals surface area contributed by atoms with Gasteiger partial charge in [-0.3, -0.25) is 5.10 Å². The van der Waals surface area contributed by atoms with Crippen molar-refractivity contribution in [3.63, 3.8) is 0 Å². The molecule has 2 aromatic rings. The fourth-order valence-corrected chi connectivity index (χ4v) is 1.79. The van der Waals surface area contributed by atoms with Crippen LogP contribution in [0.25, 0.3) is 11.1 Å². The Balaban J connectivity index is 2.66. The van der Waals surface area contributed by atoms with Crippen LogP contribution in [0.5, 0.6) is 0 Å². The minimum Gasteiger partial charge on any atom is -0.478 e. The fourth-order valence-electron chi connectivity index (χ4n) is 1.48. The Bertz CT molecular complexity index is 628. The summed E-state index contributed by atoms with van der Waals surface area (Å²) >= 11 is 5.99. The average molecular weight is 248 g/mol. The number of aromatic carboxylic acids is 1. The number of nitrogens with zero attached hydrogens (tertiary/aromatic N) is 2. The van der Waals surface area contributed by atoms with Crippen LogP contribution in [0.4, 0.5) is 0 Å². The van der Waals surface area contributed by atoms with Gasteiger partial charge in [0.1, 0.15) is 11.8 Å². The Morgan fingerprint density at radius 3 is 2.88 bits per heavy atom. The van der Waals surface area contributed by atoms with Crippen LogP contribution < -0.4 is 0 Å². The van der Waals surface area contributed by atoms with E-state index in [-0.39, 0.29) is 16.3 Å². The average Bonchev–Trinajstić information content (AvgIpc) is 2.76. The molecule has 1 heterocycles. The lowest BCUT2D eigenvalue weighted by molar-refractivity contribution is 0.0697. The van der Waals surface area contributed by atoms with Crippen molar-refractivity contribution in [3.05, 3.63) is 40.7 Å². The van der Waals surface area contributed by atoms with Crippen LogP contribution in [0.3, 0.4) is 0 Å². The molecule has 0 amide bonds. The largest absolute Gasteiger partial charge is 0.478 e. The summed E-state index contributed by atoms with van der Waals surface area (Å²) in [5.41, 5.74) is 1.20. The van der Waals surface area contributed by atoms with Gasteiger partial charge >= 0.3 is 5.97 Å². The number of hydrogen-bond acceptors (Lipinski definition) is 3. The first kappa shape index (κ1) is 11.2. The maximum atomic E-state index is 10.9. The van der Waals surface area contributed by atoms with Crippen LogP contribution >= 0.6 is 11.6 Å². The van der Waals surface area contributed by atoms with Gasteiger partial charge in [-0.05, 0) is 6.07 Å². The molecule has 1 aromatic carbocycles. The highest BCUT2D eigenvalue weighted by Crippen LogP contribution is 2.31. The Morgan fingerprint density at radius 1 is 1.47 bits per heavy atom. The van der Waals surface area contributed by atoms with E-state index in [9.17, 15) is 4.79 Å². The van der Waals surface area contributed by atoms with Crippen LogP contribution in [0, 0.1) is 11.3 Å². The quantitative estimate of drug-likeness (QED) is 0.852. The van der Waals surface area contributed by atoms with Crippen molar-refractivity contribution < 1.29 is 9.90 Å². The number of benzene rings is 1. The van der Waals surface area contributed by atoms with E-state index >= 15 is 0 Å². The molecule has 0 aliphatic rings. The molecule has 1 aromatic heterocycles. The normalized spacial score (nSPS) is 9.88. The van der Waals surface area contributed by atoms with Crippen LogP contribution in [0.1, 0.15) is 16.1 Å². The summed E-state index contributed by atoms with van der Waals surface area (Å²) in [7, 11) is 0. The van der Waals surface area contributed by atoms with Gasteiger partial charge < -0.3 is 5.11 Å². The number of rotatable bonds is 2. The van der Waals surface area contributed by atoms with Crippen molar-refractivity contribution in [2.75, 3.05) is 0 Å². The summed E-state index contributed by atoms with van der Waals surface area (Å²) in [4.78, 5) is 10.9. The molecule has 0 unspecified atom stereocenters. The van der Waals surface area contributed by atoms with Gasteiger partial charge in [0, 0.05) is 11.1 Å². The summed E-state index contributed by atoms with van der Waals surface area (Å²) in [5, 5.41) is 24.1. The first-order chi connectivity index (χ1) is 8.15. The monoisotopic (exact) mass is 247 g/mol. The Hall–Kier alpha value is -2.32. The van der Waals surface area contributed by atoms with Crippen LogP contribution in [-0.4, -0.2) is 21.3 Å². The summed E-state index contributed by atoms with van der Waals surface area (Å²) < 4.78 is 0. The fraction of sp³-hybridized carbons (Fsp3) is 0. The van der Waals surface area contributed by atoms with Crippen molar-refractivity contribution in [2.24, 2.45) is 0 Å². The summed E-state index contributed by atoms with van der Waals surface area (Å²) in [6.07, 6.45) is 1.44. The standard InChI is InChI=1S/C11H6ClN3O2/c12-10-6(2-1-3-7(10)11(16)17)8-5-14-15-9(8)4-13/h1-3,5H,(H,14,15)(H,16,17). The Morgan fingerprint density at radius 2 is 2.24 bits per heavy atom. The maximum Gasteiger partial charge on any atom is 0.337 e. The Labute approximate surface area is 101 Å². The van der Waals surface area contributed by atoms with Crippen LogP contribution in [0.15, 0.2) is 24.4 Å². The number of nitrogens with one attached hydrogen (secondary N) is 1. The van der Waals surface area contributed by atoms with Gasteiger partial charge in [0.25, 0.3) is 0 Å². The molecule has 2 rings (SSSR count). The molecule has 0 fully saturated rings. The van der Waals surface area contributed by atoms with Crippen LogP contribution in [0.2, 0.25) is 5.02 Å². The van der Waals surface area contributed by atoms with E-state index in [1.165, 1.54) is 12.3 Å². The number of H-pyrrole nitrogens is 1. The second-order valence-electron chi connectivity index (χ2n) is 3.24. The predicted molar refractivity (Wildman–Crippen MR) is 60.7 cm³/mol. The highest BCUT2D eigenvalue weighted by molar-refractivity contribution is 6.36. The molecular weight excluding hydrogens is 242 g/mol. The number of halogens is 1. The zero-order valence-electron chi connectivity index (χ0n) is 8.44. The molecule has 0 aliphatic heterocycles. The van der Waals surface area contributed by atoms with Gasteiger partial charge in [0.2, 0.25) is 0 Å².